The van der Waals surface area contributed by atoms with Gasteiger partial charge >= 0.3 is 0 Å². The molecule has 2 N–H and O–H groups in total. The number of hydrogen-bond acceptors (Lipinski definition) is 6. The zero-order valence-corrected chi connectivity index (χ0v) is 12.3. The first-order valence-corrected chi connectivity index (χ1v) is 6.80. The van der Waals surface area contributed by atoms with Crippen molar-refractivity contribution in [3.05, 3.63) is 27.2 Å². The number of aryl methyl sites for hydroxylation is 1. The van der Waals surface area contributed by atoms with E-state index in [0.29, 0.717) is 16.8 Å². The lowest BCUT2D eigenvalue weighted by atomic mass is 10.2. The molecule has 7 heteroatoms. The molecule has 0 saturated carbocycles. The molecule has 0 amide bonds. The van der Waals surface area contributed by atoms with Crippen LogP contribution >= 0.6 is 27.3 Å². The van der Waals surface area contributed by atoms with E-state index in [-0.39, 0.29) is 5.75 Å². The molecule has 0 aliphatic carbocycles. The molecule has 0 unspecified atom stereocenters. The summed E-state index contributed by atoms with van der Waals surface area (Å²) in [6, 6.07) is 3.61. The first kappa shape index (κ1) is 13.1. The maximum Gasteiger partial charge on any atom is 0.205 e. The number of phenolic OH excluding ortho intramolecular Hbond substituents is 1. The van der Waals surface area contributed by atoms with Gasteiger partial charge in [0.25, 0.3) is 0 Å². The molecule has 0 aliphatic rings. The van der Waals surface area contributed by atoms with Gasteiger partial charge in [0.1, 0.15) is 5.01 Å². The van der Waals surface area contributed by atoms with E-state index in [0.717, 1.165) is 15.7 Å². The number of aromatic hydroxyl groups is 1. The molecular weight excluding hydrogens is 318 g/mol. The Kier molecular flexibility index (Phi) is 4.03. The summed E-state index contributed by atoms with van der Waals surface area (Å²) in [4.78, 5) is 0. The van der Waals surface area contributed by atoms with Crippen molar-refractivity contribution in [3.8, 4) is 11.5 Å². The van der Waals surface area contributed by atoms with E-state index in [9.17, 15) is 5.11 Å². The second-order valence-corrected chi connectivity index (χ2v) is 5.64. The number of aromatic nitrogens is 2. The quantitative estimate of drug-likeness (QED) is 0.902. The average molecular weight is 330 g/mol. The molecule has 0 radical (unpaired) electrons. The SMILES string of the molecule is COc1cc(CNc2nnc(C)s2)cc(Br)c1O. The lowest BCUT2D eigenvalue weighted by Crippen LogP contribution is -1.99. The molecular formula is C11H12BrN3O2S. The molecule has 0 aliphatic heterocycles. The minimum atomic E-state index is 0.105. The Labute approximate surface area is 117 Å². The fraction of sp³-hybridized carbons (Fsp3) is 0.273. The molecule has 1 aromatic heterocycles. The molecule has 0 saturated heterocycles. The number of ether oxygens (including phenoxy) is 1. The lowest BCUT2D eigenvalue weighted by Gasteiger charge is -2.09. The molecule has 2 aromatic rings. The molecule has 0 bridgehead atoms. The number of rotatable bonds is 4. The number of nitrogens with zero attached hydrogens (tertiary/aromatic N) is 2. The van der Waals surface area contributed by atoms with Gasteiger partial charge in [-0.25, -0.2) is 0 Å². The van der Waals surface area contributed by atoms with Gasteiger partial charge in [0.05, 0.1) is 11.6 Å². The first-order chi connectivity index (χ1) is 8.60. The van der Waals surface area contributed by atoms with Crippen molar-refractivity contribution in [2.24, 2.45) is 0 Å². The molecule has 5 nitrogen and oxygen atoms in total. The largest absolute Gasteiger partial charge is 0.503 e. The van der Waals surface area contributed by atoms with Gasteiger partial charge in [-0.05, 0) is 40.5 Å². The molecule has 96 valence electrons. The zero-order valence-electron chi connectivity index (χ0n) is 9.90. The Morgan fingerprint density at radius 3 is 2.83 bits per heavy atom. The molecule has 0 fully saturated rings. The van der Waals surface area contributed by atoms with Crippen LogP contribution in [0.4, 0.5) is 5.13 Å². The summed E-state index contributed by atoms with van der Waals surface area (Å²) in [5, 5.41) is 22.5. The van der Waals surface area contributed by atoms with E-state index in [2.05, 4.69) is 31.4 Å². The van der Waals surface area contributed by atoms with Gasteiger partial charge in [-0.3, -0.25) is 0 Å². The van der Waals surface area contributed by atoms with E-state index in [1.165, 1.54) is 18.4 Å². The highest BCUT2D eigenvalue weighted by molar-refractivity contribution is 9.10. The highest BCUT2D eigenvalue weighted by Gasteiger charge is 2.09. The number of methoxy groups -OCH3 is 1. The van der Waals surface area contributed by atoms with Crippen LogP contribution in [0.3, 0.4) is 0 Å². The van der Waals surface area contributed by atoms with Crippen LogP contribution in [0.5, 0.6) is 11.5 Å². The second kappa shape index (κ2) is 5.53. The summed E-state index contributed by atoms with van der Waals surface area (Å²) in [7, 11) is 1.52. The van der Waals surface area contributed by atoms with E-state index in [4.69, 9.17) is 4.74 Å². The minimum Gasteiger partial charge on any atom is -0.503 e. The van der Waals surface area contributed by atoms with Crippen LogP contribution in [0.25, 0.3) is 0 Å². The van der Waals surface area contributed by atoms with E-state index in [1.54, 1.807) is 6.07 Å². The van der Waals surface area contributed by atoms with Gasteiger partial charge < -0.3 is 15.2 Å². The number of hydrogen-bond donors (Lipinski definition) is 2. The van der Waals surface area contributed by atoms with Gasteiger partial charge in [-0.15, -0.1) is 10.2 Å². The Morgan fingerprint density at radius 2 is 2.22 bits per heavy atom. The van der Waals surface area contributed by atoms with Crippen molar-refractivity contribution in [1.29, 1.82) is 0 Å². The van der Waals surface area contributed by atoms with E-state index >= 15 is 0 Å². The standard InChI is InChI=1S/C11H12BrN3O2S/c1-6-14-15-11(18-6)13-5-7-3-8(12)10(16)9(4-7)17-2/h3-4,16H,5H2,1-2H3,(H,13,15). The zero-order chi connectivity index (χ0) is 13.1. The molecule has 1 aromatic carbocycles. The van der Waals surface area contributed by atoms with Crippen molar-refractivity contribution in [3.63, 3.8) is 0 Å². The van der Waals surface area contributed by atoms with Gasteiger partial charge in [0.15, 0.2) is 11.5 Å². The Hall–Kier alpha value is -1.34. The van der Waals surface area contributed by atoms with Crippen molar-refractivity contribution in [2.45, 2.75) is 13.5 Å². The van der Waals surface area contributed by atoms with E-state index in [1.807, 2.05) is 13.0 Å². The normalized spacial score (nSPS) is 10.4. The summed E-state index contributed by atoms with van der Waals surface area (Å²) in [5.41, 5.74) is 0.976. The third kappa shape index (κ3) is 2.91. The predicted octanol–water partition coefficient (Wildman–Crippen LogP) is 2.94. The van der Waals surface area contributed by atoms with Crippen LogP contribution in [0.2, 0.25) is 0 Å². The van der Waals surface area contributed by atoms with Crippen LogP contribution in [0, 0.1) is 6.92 Å². The van der Waals surface area contributed by atoms with Crippen LogP contribution in [0.15, 0.2) is 16.6 Å². The van der Waals surface area contributed by atoms with Gasteiger partial charge in [0, 0.05) is 6.54 Å². The smallest absolute Gasteiger partial charge is 0.205 e. The summed E-state index contributed by atoms with van der Waals surface area (Å²) in [5.74, 6) is 0.544. The maximum absolute atomic E-state index is 9.70. The van der Waals surface area contributed by atoms with Crippen LogP contribution < -0.4 is 10.1 Å². The number of benzene rings is 1. The molecule has 0 atom stereocenters. The minimum absolute atomic E-state index is 0.105. The molecule has 2 rings (SSSR count). The lowest BCUT2D eigenvalue weighted by molar-refractivity contribution is 0.371. The van der Waals surface area contributed by atoms with Crippen molar-refractivity contribution >= 4 is 32.4 Å². The Morgan fingerprint density at radius 1 is 1.44 bits per heavy atom. The number of halogens is 1. The van der Waals surface area contributed by atoms with Crippen LogP contribution in [-0.4, -0.2) is 22.4 Å². The summed E-state index contributed by atoms with van der Waals surface area (Å²) in [6.07, 6.45) is 0. The van der Waals surface area contributed by atoms with Gasteiger partial charge in [0.2, 0.25) is 5.13 Å². The monoisotopic (exact) mass is 329 g/mol. The first-order valence-electron chi connectivity index (χ1n) is 5.19. The van der Waals surface area contributed by atoms with Gasteiger partial charge in [-0.2, -0.15) is 0 Å². The fourth-order valence-electron chi connectivity index (χ4n) is 1.43. The number of nitrogens with one attached hydrogen (secondary N) is 1. The fourth-order valence-corrected chi connectivity index (χ4v) is 2.51. The highest BCUT2D eigenvalue weighted by atomic mass is 79.9. The van der Waals surface area contributed by atoms with E-state index < -0.39 is 0 Å². The molecule has 1 heterocycles. The highest BCUT2D eigenvalue weighted by Crippen LogP contribution is 2.35. The predicted molar refractivity (Wildman–Crippen MR) is 74.3 cm³/mol. The Bertz CT molecular complexity index is 559. The topological polar surface area (TPSA) is 67.3 Å². The number of anilines is 1. The number of phenols is 1. The third-order valence-electron chi connectivity index (χ3n) is 2.28. The van der Waals surface area contributed by atoms with Crippen molar-refractivity contribution < 1.29 is 9.84 Å². The second-order valence-electron chi connectivity index (χ2n) is 3.61. The summed E-state index contributed by atoms with van der Waals surface area (Å²) < 4.78 is 5.69. The third-order valence-corrected chi connectivity index (χ3v) is 3.68. The van der Waals surface area contributed by atoms with Crippen LogP contribution in [0.1, 0.15) is 10.6 Å². The van der Waals surface area contributed by atoms with Crippen molar-refractivity contribution in [1.82, 2.24) is 10.2 Å². The summed E-state index contributed by atoms with van der Waals surface area (Å²) >= 11 is 4.78. The molecule has 18 heavy (non-hydrogen) atoms. The maximum atomic E-state index is 9.70. The summed E-state index contributed by atoms with van der Waals surface area (Å²) in [6.45, 7) is 2.49. The van der Waals surface area contributed by atoms with Gasteiger partial charge in [-0.1, -0.05) is 11.3 Å². The van der Waals surface area contributed by atoms with Crippen molar-refractivity contribution in [2.75, 3.05) is 12.4 Å². The molecule has 0 spiro atoms. The average Bonchev–Trinajstić information content (AvgIpc) is 2.76. The van der Waals surface area contributed by atoms with Crippen LogP contribution in [-0.2, 0) is 6.54 Å². The Balaban J connectivity index is 2.12.